The van der Waals surface area contributed by atoms with E-state index in [2.05, 4.69) is 20.5 Å². The van der Waals surface area contributed by atoms with Gasteiger partial charge in [0.2, 0.25) is 0 Å². The highest BCUT2D eigenvalue weighted by Gasteiger charge is 2.11. The number of phenols is 1. The monoisotopic (exact) mass is 360 g/mol. The van der Waals surface area contributed by atoms with E-state index in [9.17, 15) is 20.0 Å². The number of rotatable bonds is 8. The number of amides is 1. The van der Waals surface area contributed by atoms with Gasteiger partial charge in [0.15, 0.2) is 0 Å². The Morgan fingerprint density at radius 1 is 1.46 bits per heavy atom. The number of aromatic hydroxyl groups is 1. The molecule has 138 valence electrons. The normalized spacial score (nSPS) is 10.8. The van der Waals surface area contributed by atoms with Gasteiger partial charge in [-0.2, -0.15) is 10.2 Å². The van der Waals surface area contributed by atoms with Crippen LogP contribution < -0.4 is 10.3 Å². The van der Waals surface area contributed by atoms with Gasteiger partial charge in [-0.05, 0) is 26.0 Å². The lowest BCUT2D eigenvalue weighted by Gasteiger charge is -2.21. The van der Waals surface area contributed by atoms with Crippen LogP contribution >= 0.6 is 0 Å². The summed E-state index contributed by atoms with van der Waals surface area (Å²) in [6.07, 6.45) is 3.54. The number of nitrogens with one attached hydrogen (secondary N) is 1. The number of carbonyl (C=O) groups is 1. The minimum atomic E-state index is -0.593. The van der Waals surface area contributed by atoms with Crippen LogP contribution in [0.15, 0.2) is 35.7 Å². The van der Waals surface area contributed by atoms with E-state index in [1.807, 2.05) is 19.9 Å². The second-order valence-corrected chi connectivity index (χ2v) is 5.36. The number of anilines is 1. The highest BCUT2D eigenvalue weighted by molar-refractivity contribution is 5.86. The molecule has 0 aliphatic heterocycles. The SMILES string of the molecule is CCN(CC)c1ccc(/C=N\NC(=O)Cn2cc([N+](=O)[O-])cn2)c(O)c1. The lowest BCUT2D eigenvalue weighted by atomic mass is 10.2. The van der Waals surface area contributed by atoms with E-state index >= 15 is 0 Å². The highest BCUT2D eigenvalue weighted by Crippen LogP contribution is 2.23. The van der Waals surface area contributed by atoms with Crippen molar-refractivity contribution in [2.75, 3.05) is 18.0 Å². The molecule has 0 atom stereocenters. The number of nitrogens with zero attached hydrogens (tertiary/aromatic N) is 5. The molecular weight excluding hydrogens is 340 g/mol. The highest BCUT2D eigenvalue weighted by atomic mass is 16.6. The molecule has 0 aliphatic carbocycles. The van der Waals surface area contributed by atoms with E-state index in [1.165, 1.54) is 6.21 Å². The number of carbonyl (C=O) groups excluding carboxylic acids is 1. The first-order chi connectivity index (χ1) is 12.4. The van der Waals surface area contributed by atoms with Gasteiger partial charge in [-0.3, -0.25) is 19.6 Å². The summed E-state index contributed by atoms with van der Waals surface area (Å²) in [5.74, 6) is -0.450. The fourth-order valence-electron chi connectivity index (χ4n) is 2.32. The fourth-order valence-corrected chi connectivity index (χ4v) is 2.32. The molecule has 2 rings (SSSR count). The Labute approximate surface area is 149 Å². The second kappa shape index (κ2) is 8.60. The number of hydrogen-bond donors (Lipinski definition) is 2. The van der Waals surface area contributed by atoms with Crippen LogP contribution in [-0.4, -0.2) is 45.0 Å². The van der Waals surface area contributed by atoms with Crippen LogP contribution in [0.5, 0.6) is 5.75 Å². The van der Waals surface area contributed by atoms with Crippen LogP contribution in [0, 0.1) is 10.1 Å². The van der Waals surface area contributed by atoms with Crippen LogP contribution in [0.1, 0.15) is 19.4 Å². The molecule has 0 fully saturated rings. The van der Waals surface area contributed by atoms with E-state index in [0.717, 1.165) is 35.9 Å². The Morgan fingerprint density at radius 2 is 2.19 bits per heavy atom. The number of nitro groups is 1. The molecule has 2 aromatic rings. The number of phenolic OH excluding ortho intramolecular Hbond substituents is 1. The van der Waals surface area contributed by atoms with E-state index < -0.39 is 10.8 Å². The molecule has 1 aromatic heterocycles. The maximum absolute atomic E-state index is 11.8. The first-order valence-corrected chi connectivity index (χ1v) is 8.01. The largest absolute Gasteiger partial charge is 0.507 e. The van der Waals surface area contributed by atoms with E-state index in [1.54, 1.807) is 12.1 Å². The minimum absolute atomic E-state index is 0.0510. The Bertz CT molecular complexity index is 813. The second-order valence-electron chi connectivity index (χ2n) is 5.36. The topological polar surface area (TPSA) is 126 Å². The van der Waals surface area contributed by atoms with Gasteiger partial charge >= 0.3 is 5.69 Å². The van der Waals surface area contributed by atoms with E-state index in [0.29, 0.717) is 5.56 Å². The lowest BCUT2D eigenvalue weighted by Crippen LogP contribution is -2.23. The predicted octanol–water partition coefficient (Wildman–Crippen LogP) is 1.49. The first-order valence-electron chi connectivity index (χ1n) is 8.01. The quantitative estimate of drug-likeness (QED) is 0.417. The summed E-state index contributed by atoms with van der Waals surface area (Å²) in [7, 11) is 0. The van der Waals surface area contributed by atoms with Gasteiger partial charge in [-0.15, -0.1) is 0 Å². The molecule has 0 spiro atoms. The summed E-state index contributed by atoms with van der Waals surface area (Å²) in [5, 5.41) is 28.1. The van der Waals surface area contributed by atoms with Crippen LogP contribution in [-0.2, 0) is 11.3 Å². The van der Waals surface area contributed by atoms with Crippen molar-refractivity contribution >= 4 is 23.5 Å². The molecule has 0 saturated heterocycles. The zero-order valence-corrected chi connectivity index (χ0v) is 14.5. The maximum atomic E-state index is 11.8. The van der Waals surface area contributed by atoms with Gasteiger partial charge in [0, 0.05) is 30.4 Å². The van der Waals surface area contributed by atoms with Gasteiger partial charge in [-0.25, -0.2) is 5.43 Å². The van der Waals surface area contributed by atoms with E-state index in [-0.39, 0.29) is 18.0 Å². The number of hydrazone groups is 1. The minimum Gasteiger partial charge on any atom is -0.507 e. The van der Waals surface area contributed by atoms with Gasteiger partial charge < -0.3 is 10.0 Å². The molecule has 1 heterocycles. The van der Waals surface area contributed by atoms with Crippen molar-refractivity contribution in [3.63, 3.8) is 0 Å². The molecule has 2 N–H and O–H groups in total. The average molecular weight is 360 g/mol. The molecule has 10 nitrogen and oxygen atoms in total. The molecule has 1 aromatic carbocycles. The first kappa shape index (κ1) is 18.9. The smallest absolute Gasteiger partial charge is 0.307 e. The Kier molecular flexibility index (Phi) is 6.25. The van der Waals surface area contributed by atoms with Crippen LogP contribution in [0.3, 0.4) is 0 Å². The van der Waals surface area contributed by atoms with E-state index in [4.69, 9.17) is 0 Å². The summed E-state index contributed by atoms with van der Waals surface area (Å²) in [6.45, 7) is 5.49. The third-order valence-electron chi connectivity index (χ3n) is 3.67. The van der Waals surface area contributed by atoms with Crippen molar-refractivity contribution in [1.82, 2.24) is 15.2 Å². The molecule has 26 heavy (non-hydrogen) atoms. The van der Waals surface area contributed by atoms with Gasteiger partial charge in [0.05, 0.1) is 11.1 Å². The molecule has 0 aliphatic rings. The summed E-state index contributed by atoms with van der Waals surface area (Å²) >= 11 is 0. The predicted molar refractivity (Wildman–Crippen MR) is 96.3 cm³/mol. The van der Waals surface area contributed by atoms with Crippen molar-refractivity contribution in [2.24, 2.45) is 5.10 Å². The van der Waals surface area contributed by atoms with Gasteiger partial charge in [-0.1, -0.05) is 0 Å². The van der Waals surface area contributed by atoms with Gasteiger partial charge in [0.1, 0.15) is 24.7 Å². The summed E-state index contributed by atoms with van der Waals surface area (Å²) < 4.78 is 1.14. The van der Waals surface area contributed by atoms with Crippen molar-refractivity contribution in [2.45, 2.75) is 20.4 Å². The van der Waals surface area contributed by atoms with Gasteiger partial charge in [0.25, 0.3) is 5.91 Å². The molecule has 0 saturated carbocycles. The number of aromatic nitrogens is 2. The van der Waals surface area contributed by atoms with Crippen molar-refractivity contribution in [1.29, 1.82) is 0 Å². The molecule has 0 bridgehead atoms. The molecule has 1 amide bonds. The summed E-state index contributed by atoms with van der Waals surface area (Å²) in [4.78, 5) is 23.8. The third-order valence-corrected chi connectivity index (χ3v) is 3.67. The average Bonchev–Trinajstić information content (AvgIpc) is 3.06. The summed E-state index contributed by atoms with van der Waals surface area (Å²) in [5.41, 5.74) is 3.44. The Hall–Kier alpha value is -3.43. The Balaban J connectivity index is 1.94. The molecule has 10 heteroatoms. The summed E-state index contributed by atoms with van der Waals surface area (Å²) in [6, 6.07) is 5.20. The zero-order valence-electron chi connectivity index (χ0n) is 14.5. The maximum Gasteiger partial charge on any atom is 0.307 e. The van der Waals surface area contributed by atoms with Crippen molar-refractivity contribution in [3.8, 4) is 5.75 Å². The van der Waals surface area contributed by atoms with Crippen LogP contribution in [0.25, 0.3) is 0 Å². The van der Waals surface area contributed by atoms with Crippen molar-refractivity contribution in [3.05, 3.63) is 46.3 Å². The molecule has 0 unspecified atom stereocenters. The number of benzene rings is 1. The van der Waals surface area contributed by atoms with Crippen LogP contribution in [0.2, 0.25) is 0 Å². The lowest BCUT2D eigenvalue weighted by molar-refractivity contribution is -0.385. The zero-order chi connectivity index (χ0) is 19.1. The number of hydrogen-bond acceptors (Lipinski definition) is 7. The van der Waals surface area contributed by atoms with Crippen LogP contribution in [0.4, 0.5) is 11.4 Å². The molecule has 0 radical (unpaired) electrons. The Morgan fingerprint density at radius 3 is 2.77 bits per heavy atom. The fraction of sp³-hybridized carbons (Fsp3) is 0.312. The molecular formula is C16H20N6O4. The van der Waals surface area contributed by atoms with Crippen molar-refractivity contribution < 1.29 is 14.8 Å². The third kappa shape index (κ3) is 4.79. The standard InChI is InChI=1S/C16H20N6O4/c1-3-20(4-2)13-6-5-12(15(23)7-13)8-17-19-16(24)11-21-10-14(9-18-21)22(25)26/h5-10,23H,3-4,11H2,1-2H3,(H,19,24)/b17-8-.